The summed E-state index contributed by atoms with van der Waals surface area (Å²) in [4.78, 5) is 28.5. The van der Waals surface area contributed by atoms with Gasteiger partial charge in [-0.2, -0.15) is 0 Å². The molecule has 1 amide bonds. The van der Waals surface area contributed by atoms with Gasteiger partial charge < -0.3 is 14.8 Å². The largest absolute Gasteiger partial charge is 0.483 e. The maximum atomic E-state index is 12.4. The van der Waals surface area contributed by atoms with Crippen LogP contribution in [0.3, 0.4) is 0 Å². The fraction of sp³-hybridized carbons (Fsp3) is 0.0952. The second-order valence-electron chi connectivity index (χ2n) is 5.91. The van der Waals surface area contributed by atoms with Crippen LogP contribution in [0.4, 0.5) is 5.69 Å². The van der Waals surface area contributed by atoms with Gasteiger partial charge in [0, 0.05) is 21.9 Å². The third-order valence-corrected chi connectivity index (χ3v) is 4.50. The molecule has 0 aliphatic rings. The van der Waals surface area contributed by atoms with Crippen molar-refractivity contribution >= 4 is 45.1 Å². The second kappa shape index (κ2) is 10.0. The monoisotopic (exact) mass is 474 g/mol. The predicted octanol–water partition coefficient (Wildman–Crippen LogP) is 4.87. The van der Waals surface area contributed by atoms with Crippen LogP contribution in [-0.2, 0) is 16.1 Å². The molecule has 1 heterocycles. The molecule has 0 saturated heterocycles. The number of halogens is 2. The summed E-state index contributed by atoms with van der Waals surface area (Å²) in [7, 11) is 0. The number of carbonyl (C=O) groups excluding carboxylic acids is 2. The first-order valence-corrected chi connectivity index (χ1v) is 9.73. The van der Waals surface area contributed by atoms with E-state index in [9.17, 15) is 9.59 Å². The Hall–Kier alpha value is -2.90. The van der Waals surface area contributed by atoms with E-state index in [0.29, 0.717) is 16.4 Å². The highest BCUT2D eigenvalue weighted by Crippen LogP contribution is 2.20. The average Bonchev–Trinajstić information content (AvgIpc) is 2.73. The highest BCUT2D eigenvalue weighted by Gasteiger charge is 2.15. The van der Waals surface area contributed by atoms with Crippen molar-refractivity contribution in [3.8, 4) is 5.75 Å². The van der Waals surface area contributed by atoms with E-state index in [0.717, 1.165) is 4.47 Å². The van der Waals surface area contributed by atoms with Crippen molar-refractivity contribution in [1.29, 1.82) is 0 Å². The molecular formula is C21H16BrClN2O4. The molecule has 148 valence electrons. The molecule has 6 nitrogen and oxygen atoms in total. The lowest BCUT2D eigenvalue weighted by molar-refractivity contribution is -0.118. The van der Waals surface area contributed by atoms with Gasteiger partial charge in [0.2, 0.25) is 0 Å². The first-order chi connectivity index (χ1) is 14.0. The Balaban J connectivity index is 1.57. The highest BCUT2D eigenvalue weighted by atomic mass is 79.9. The molecule has 0 fully saturated rings. The Morgan fingerprint density at radius 3 is 2.52 bits per heavy atom. The molecule has 0 bridgehead atoms. The number of hydrogen-bond acceptors (Lipinski definition) is 5. The van der Waals surface area contributed by atoms with E-state index in [1.807, 2.05) is 12.1 Å². The van der Waals surface area contributed by atoms with Gasteiger partial charge in [0.25, 0.3) is 5.91 Å². The van der Waals surface area contributed by atoms with Gasteiger partial charge in [0.1, 0.15) is 23.1 Å². The highest BCUT2D eigenvalue weighted by molar-refractivity contribution is 9.10. The summed E-state index contributed by atoms with van der Waals surface area (Å²) in [5.74, 6) is -0.649. The quantitative estimate of drug-likeness (QED) is 0.390. The molecule has 0 aliphatic carbocycles. The molecule has 0 saturated carbocycles. The summed E-state index contributed by atoms with van der Waals surface area (Å²) in [5, 5.41) is 3.08. The number of esters is 1. The van der Waals surface area contributed by atoms with E-state index in [4.69, 9.17) is 21.1 Å². The topological polar surface area (TPSA) is 77.5 Å². The van der Waals surface area contributed by atoms with E-state index < -0.39 is 5.97 Å². The van der Waals surface area contributed by atoms with Gasteiger partial charge in [0.15, 0.2) is 6.61 Å². The van der Waals surface area contributed by atoms with E-state index in [1.165, 1.54) is 6.20 Å². The zero-order valence-electron chi connectivity index (χ0n) is 15.1. The molecule has 0 radical (unpaired) electrons. The Morgan fingerprint density at radius 1 is 1.03 bits per heavy atom. The van der Waals surface area contributed by atoms with Crippen LogP contribution in [0.2, 0.25) is 5.15 Å². The van der Waals surface area contributed by atoms with Crippen molar-refractivity contribution in [1.82, 2.24) is 4.98 Å². The predicted molar refractivity (Wildman–Crippen MR) is 113 cm³/mol. The number of amides is 1. The number of aromatic nitrogens is 1. The van der Waals surface area contributed by atoms with Gasteiger partial charge in [-0.3, -0.25) is 4.79 Å². The van der Waals surface area contributed by atoms with Gasteiger partial charge >= 0.3 is 5.97 Å². The third-order valence-electron chi connectivity index (χ3n) is 3.75. The minimum Gasteiger partial charge on any atom is -0.483 e. The number of nitrogens with zero attached hydrogens (tertiary/aromatic N) is 1. The first-order valence-electron chi connectivity index (χ1n) is 8.56. The van der Waals surface area contributed by atoms with Gasteiger partial charge in [-0.15, -0.1) is 0 Å². The number of hydrogen-bond donors (Lipinski definition) is 1. The minimum atomic E-state index is -0.566. The van der Waals surface area contributed by atoms with Crippen LogP contribution in [-0.4, -0.2) is 23.5 Å². The van der Waals surface area contributed by atoms with Crippen LogP contribution >= 0.6 is 27.5 Å². The number of carbonyl (C=O) groups is 2. The van der Waals surface area contributed by atoms with E-state index in [1.54, 1.807) is 48.5 Å². The van der Waals surface area contributed by atoms with Crippen LogP contribution in [0, 0.1) is 0 Å². The molecule has 29 heavy (non-hydrogen) atoms. The maximum Gasteiger partial charge on any atom is 0.342 e. The third kappa shape index (κ3) is 6.30. The molecule has 3 rings (SSSR count). The van der Waals surface area contributed by atoms with Crippen molar-refractivity contribution in [3.05, 3.63) is 87.6 Å². The van der Waals surface area contributed by atoms with E-state index >= 15 is 0 Å². The molecule has 8 heteroatoms. The lowest BCUT2D eigenvalue weighted by atomic mass is 10.2. The van der Waals surface area contributed by atoms with Gasteiger partial charge in [-0.05, 0) is 42.5 Å². The summed E-state index contributed by atoms with van der Waals surface area (Å²) >= 11 is 9.07. The van der Waals surface area contributed by atoms with Crippen LogP contribution in [0.25, 0.3) is 0 Å². The lowest BCUT2D eigenvalue weighted by Gasteiger charge is -2.11. The summed E-state index contributed by atoms with van der Waals surface area (Å²) < 4.78 is 11.7. The summed E-state index contributed by atoms with van der Waals surface area (Å²) in [6.07, 6.45) is 1.53. The lowest BCUT2D eigenvalue weighted by Crippen LogP contribution is -2.21. The average molecular weight is 476 g/mol. The second-order valence-corrected chi connectivity index (χ2v) is 7.21. The number of rotatable bonds is 7. The molecule has 0 unspecified atom stereocenters. The number of para-hydroxylation sites is 1. The fourth-order valence-electron chi connectivity index (χ4n) is 2.35. The molecule has 0 atom stereocenters. The van der Waals surface area contributed by atoms with Crippen molar-refractivity contribution < 1.29 is 19.1 Å². The molecule has 2 aromatic carbocycles. The summed E-state index contributed by atoms with van der Waals surface area (Å²) in [5.41, 5.74) is 1.58. The normalized spacial score (nSPS) is 10.3. The van der Waals surface area contributed by atoms with Crippen LogP contribution < -0.4 is 10.1 Å². The standard InChI is InChI=1S/C21H16BrClN2O4/c22-15-6-8-16(9-7-15)25-20(26)13-28-18-4-2-1-3-17(18)21(27)29-12-14-5-10-19(23)24-11-14/h1-11H,12-13H2,(H,25,26). The van der Waals surface area contributed by atoms with Crippen molar-refractivity contribution in [3.63, 3.8) is 0 Å². The number of nitrogens with one attached hydrogen (secondary N) is 1. The number of anilines is 1. The fourth-order valence-corrected chi connectivity index (χ4v) is 2.73. The Bertz CT molecular complexity index is 994. The molecule has 0 aliphatic heterocycles. The summed E-state index contributed by atoms with van der Waals surface area (Å²) in [6.45, 7) is -0.206. The molecule has 1 aromatic heterocycles. The van der Waals surface area contributed by atoms with Gasteiger partial charge in [0.05, 0.1) is 0 Å². The van der Waals surface area contributed by atoms with E-state index in [-0.39, 0.29) is 30.4 Å². The molecule has 0 spiro atoms. The molecule has 1 N–H and O–H groups in total. The van der Waals surface area contributed by atoms with Crippen molar-refractivity contribution in [2.45, 2.75) is 6.61 Å². The zero-order chi connectivity index (χ0) is 20.6. The van der Waals surface area contributed by atoms with Crippen molar-refractivity contribution in [2.24, 2.45) is 0 Å². The van der Waals surface area contributed by atoms with Crippen molar-refractivity contribution in [2.75, 3.05) is 11.9 Å². The summed E-state index contributed by atoms with van der Waals surface area (Å²) in [6, 6.07) is 17.1. The van der Waals surface area contributed by atoms with Gasteiger partial charge in [-0.25, -0.2) is 9.78 Å². The Labute approximate surface area is 180 Å². The van der Waals surface area contributed by atoms with Crippen LogP contribution in [0.5, 0.6) is 5.75 Å². The maximum absolute atomic E-state index is 12.4. The number of ether oxygens (including phenoxy) is 2. The van der Waals surface area contributed by atoms with E-state index in [2.05, 4.69) is 26.2 Å². The zero-order valence-corrected chi connectivity index (χ0v) is 17.4. The number of benzene rings is 2. The smallest absolute Gasteiger partial charge is 0.342 e. The Kier molecular flexibility index (Phi) is 7.21. The Morgan fingerprint density at radius 2 is 1.79 bits per heavy atom. The molecular weight excluding hydrogens is 460 g/mol. The number of pyridine rings is 1. The van der Waals surface area contributed by atoms with Crippen LogP contribution in [0.1, 0.15) is 15.9 Å². The van der Waals surface area contributed by atoms with Gasteiger partial charge in [-0.1, -0.05) is 45.7 Å². The molecule has 3 aromatic rings. The first kappa shape index (κ1) is 20.8. The van der Waals surface area contributed by atoms with Crippen LogP contribution in [0.15, 0.2) is 71.3 Å². The minimum absolute atomic E-state index is 0.0430. The SMILES string of the molecule is O=C(COc1ccccc1C(=O)OCc1ccc(Cl)nc1)Nc1ccc(Br)cc1.